The molecule has 0 aliphatic heterocycles. The van der Waals surface area contributed by atoms with Crippen molar-refractivity contribution in [2.75, 3.05) is 7.05 Å². The van der Waals surface area contributed by atoms with Crippen molar-refractivity contribution in [3.05, 3.63) is 70.0 Å². The minimum atomic E-state index is -0.184. The highest BCUT2D eigenvalue weighted by atomic mass is 19.1. The van der Waals surface area contributed by atoms with E-state index in [9.17, 15) is 4.39 Å². The van der Waals surface area contributed by atoms with Gasteiger partial charge in [-0.3, -0.25) is 0 Å². The molecule has 2 aromatic rings. The number of benzene rings is 2. The van der Waals surface area contributed by atoms with Crippen molar-refractivity contribution in [3.63, 3.8) is 0 Å². The highest BCUT2D eigenvalue weighted by Gasteiger charge is 2.16. The zero-order valence-electron chi connectivity index (χ0n) is 13.3. The van der Waals surface area contributed by atoms with Crippen molar-refractivity contribution >= 4 is 0 Å². The summed E-state index contributed by atoms with van der Waals surface area (Å²) < 4.78 is 13.6. The van der Waals surface area contributed by atoms with Crippen LogP contribution in [0.1, 0.15) is 47.7 Å². The fourth-order valence-corrected chi connectivity index (χ4v) is 2.92. The Balaban J connectivity index is 2.48. The average molecular weight is 285 g/mol. The van der Waals surface area contributed by atoms with Gasteiger partial charge in [0.25, 0.3) is 0 Å². The molecule has 2 rings (SSSR count). The van der Waals surface area contributed by atoms with Gasteiger partial charge in [0.2, 0.25) is 0 Å². The Morgan fingerprint density at radius 2 is 1.71 bits per heavy atom. The van der Waals surface area contributed by atoms with Gasteiger partial charge in [-0.1, -0.05) is 38.1 Å². The van der Waals surface area contributed by atoms with Crippen LogP contribution in [-0.4, -0.2) is 7.05 Å². The molecule has 1 atom stereocenters. The first-order chi connectivity index (χ1) is 10.1. The van der Waals surface area contributed by atoms with E-state index in [2.05, 4.69) is 37.4 Å². The Labute approximate surface area is 127 Å². The van der Waals surface area contributed by atoms with E-state index < -0.39 is 0 Å². The average Bonchev–Trinajstić information content (AvgIpc) is 2.51. The summed E-state index contributed by atoms with van der Waals surface area (Å²) in [6.45, 7) is 6.39. The molecule has 0 fully saturated rings. The third kappa shape index (κ3) is 3.33. The van der Waals surface area contributed by atoms with E-state index in [0.717, 1.165) is 24.0 Å². The molecule has 21 heavy (non-hydrogen) atoms. The van der Waals surface area contributed by atoms with Crippen LogP contribution in [0.15, 0.2) is 36.4 Å². The molecule has 0 amide bonds. The third-order valence-corrected chi connectivity index (χ3v) is 4.17. The minimum absolute atomic E-state index is 0.0249. The summed E-state index contributed by atoms with van der Waals surface area (Å²) in [5.74, 6) is -0.184. The fraction of sp³-hybridized carbons (Fsp3) is 0.368. The second kappa shape index (κ2) is 6.86. The van der Waals surface area contributed by atoms with Crippen LogP contribution < -0.4 is 5.32 Å². The molecule has 0 bridgehead atoms. The maximum absolute atomic E-state index is 13.6. The fourth-order valence-electron chi connectivity index (χ4n) is 2.92. The van der Waals surface area contributed by atoms with E-state index in [-0.39, 0.29) is 11.9 Å². The topological polar surface area (TPSA) is 12.0 Å². The molecule has 1 N–H and O–H groups in total. The van der Waals surface area contributed by atoms with Gasteiger partial charge in [0, 0.05) is 0 Å². The van der Waals surface area contributed by atoms with Crippen LogP contribution in [-0.2, 0) is 12.8 Å². The Bertz CT molecular complexity index is 619. The van der Waals surface area contributed by atoms with E-state index in [4.69, 9.17) is 0 Å². The van der Waals surface area contributed by atoms with Gasteiger partial charge in [-0.15, -0.1) is 0 Å². The summed E-state index contributed by atoms with van der Waals surface area (Å²) in [6.07, 6.45) is 2.07. The van der Waals surface area contributed by atoms with Crippen molar-refractivity contribution in [2.45, 2.75) is 39.7 Å². The van der Waals surface area contributed by atoms with Crippen LogP contribution in [0.3, 0.4) is 0 Å². The molecule has 2 aromatic carbocycles. The molecule has 1 unspecified atom stereocenters. The summed E-state index contributed by atoms with van der Waals surface area (Å²) in [7, 11) is 1.92. The summed E-state index contributed by atoms with van der Waals surface area (Å²) in [5.41, 5.74) is 6.08. The van der Waals surface area contributed by atoms with Crippen molar-refractivity contribution in [2.24, 2.45) is 0 Å². The summed E-state index contributed by atoms with van der Waals surface area (Å²) >= 11 is 0. The lowest BCUT2D eigenvalue weighted by atomic mass is 9.91. The normalized spacial score (nSPS) is 12.4. The predicted molar refractivity (Wildman–Crippen MR) is 87.2 cm³/mol. The Kier molecular flexibility index (Phi) is 5.13. The van der Waals surface area contributed by atoms with Crippen LogP contribution in [0.5, 0.6) is 0 Å². The van der Waals surface area contributed by atoms with Gasteiger partial charge in [0.1, 0.15) is 5.82 Å². The molecule has 0 radical (unpaired) electrons. The first-order valence-electron chi connectivity index (χ1n) is 7.65. The molecule has 1 nitrogen and oxygen atoms in total. The lowest BCUT2D eigenvalue weighted by Gasteiger charge is -2.21. The molecule has 112 valence electrons. The van der Waals surface area contributed by atoms with Crippen LogP contribution in [0.25, 0.3) is 0 Å². The van der Waals surface area contributed by atoms with E-state index in [0.29, 0.717) is 0 Å². The number of rotatable bonds is 5. The zero-order valence-corrected chi connectivity index (χ0v) is 13.3. The molecule has 0 aliphatic carbocycles. The number of halogens is 1. The number of nitrogens with one attached hydrogen (secondary N) is 1. The second-order valence-electron chi connectivity index (χ2n) is 5.46. The van der Waals surface area contributed by atoms with Gasteiger partial charge < -0.3 is 5.32 Å². The molecule has 0 spiro atoms. The standard InChI is InChI=1S/C19H24FN/c1-5-14-8-9-16(11-15(14)6-2)19(21-4)18-12-17(20)10-7-13(18)3/h7-12,19,21H,5-6H2,1-4H3. The first kappa shape index (κ1) is 15.7. The second-order valence-corrected chi connectivity index (χ2v) is 5.46. The molecule has 0 saturated carbocycles. The molecule has 0 heterocycles. The predicted octanol–water partition coefficient (Wildman–Crippen LogP) is 4.57. The van der Waals surface area contributed by atoms with Gasteiger partial charge >= 0.3 is 0 Å². The zero-order chi connectivity index (χ0) is 15.4. The smallest absolute Gasteiger partial charge is 0.123 e. The van der Waals surface area contributed by atoms with Crippen molar-refractivity contribution in [1.29, 1.82) is 0 Å². The monoisotopic (exact) mass is 285 g/mol. The maximum Gasteiger partial charge on any atom is 0.123 e. The van der Waals surface area contributed by atoms with E-state index in [1.54, 1.807) is 6.07 Å². The third-order valence-electron chi connectivity index (χ3n) is 4.17. The van der Waals surface area contributed by atoms with E-state index in [1.165, 1.54) is 22.8 Å². The van der Waals surface area contributed by atoms with E-state index in [1.807, 2.05) is 20.0 Å². The van der Waals surface area contributed by atoms with E-state index >= 15 is 0 Å². The Morgan fingerprint density at radius 3 is 2.33 bits per heavy atom. The van der Waals surface area contributed by atoms with Gasteiger partial charge in [0.15, 0.2) is 0 Å². The molecular formula is C19H24FN. The SMILES string of the molecule is CCc1ccc(C(NC)c2cc(F)ccc2C)cc1CC. The maximum atomic E-state index is 13.6. The van der Waals surface area contributed by atoms with Crippen LogP contribution in [0.2, 0.25) is 0 Å². The lowest BCUT2D eigenvalue weighted by Crippen LogP contribution is -2.19. The largest absolute Gasteiger partial charge is 0.309 e. The first-order valence-corrected chi connectivity index (χ1v) is 7.65. The highest BCUT2D eigenvalue weighted by Crippen LogP contribution is 2.27. The van der Waals surface area contributed by atoms with Gasteiger partial charge in [0.05, 0.1) is 6.04 Å². The Morgan fingerprint density at radius 1 is 1.00 bits per heavy atom. The highest BCUT2D eigenvalue weighted by molar-refractivity contribution is 5.41. The summed E-state index contributed by atoms with van der Waals surface area (Å²) in [4.78, 5) is 0. The summed E-state index contributed by atoms with van der Waals surface area (Å²) in [5, 5.41) is 3.32. The van der Waals surface area contributed by atoms with Gasteiger partial charge in [-0.25, -0.2) is 4.39 Å². The molecule has 2 heteroatoms. The number of hydrogen-bond acceptors (Lipinski definition) is 1. The summed E-state index contributed by atoms with van der Waals surface area (Å²) in [6, 6.07) is 11.6. The van der Waals surface area contributed by atoms with Crippen molar-refractivity contribution in [3.8, 4) is 0 Å². The number of aryl methyl sites for hydroxylation is 3. The van der Waals surface area contributed by atoms with Crippen molar-refractivity contribution in [1.82, 2.24) is 5.32 Å². The van der Waals surface area contributed by atoms with Gasteiger partial charge in [-0.05, 0) is 66.8 Å². The van der Waals surface area contributed by atoms with Crippen LogP contribution >= 0.6 is 0 Å². The van der Waals surface area contributed by atoms with Gasteiger partial charge in [-0.2, -0.15) is 0 Å². The molecule has 0 aromatic heterocycles. The Hall–Kier alpha value is -1.67. The van der Waals surface area contributed by atoms with Crippen LogP contribution in [0, 0.1) is 12.7 Å². The lowest BCUT2D eigenvalue weighted by molar-refractivity contribution is 0.615. The van der Waals surface area contributed by atoms with Crippen molar-refractivity contribution < 1.29 is 4.39 Å². The molecule has 0 saturated heterocycles. The minimum Gasteiger partial charge on any atom is -0.309 e. The van der Waals surface area contributed by atoms with Crippen LogP contribution in [0.4, 0.5) is 4.39 Å². The number of hydrogen-bond donors (Lipinski definition) is 1. The quantitative estimate of drug-likeness (QED) is 0.848. The molecular weight excluding hydrogens is 261 g/mol. The molecule has 0 aliphatic rings.